The van der Waals surface area contributed by atoms with E-state index in [1.165, 1.54) is 0 Å². The SMILES string of the molecule is CCOC([Si])(CCSCCN)OCC. The summed E-state index contributed by atoms with van der Waals surface area (Å²) in [5.41, 5.74) is 4.79. The van der Waals surface area contributed by atoms with Crippen molar-refractivity contribution in [2.45, 2.75) is 25.7 Å². The molecule has 3 nitrogen and oxygen atoms in total. The van der Waals surface area contributed by atoms with Gasteiger partial charge in [-0.3, -0.25) is 0 Å². The molecule has 0 aliphatic heterocycles. The van der Waals surface area contributed by atoms with E-state index in [1.54, 1.807) is 0 Å². The van der Waals surface area contributed by atoms with Crippen LogP contribution in [0.1, 0.15) is 20.3 Å². The Hall–Kier alpha value is 0.447. The molecule has 0 spiro atoms. The zero-order valence-corrected chi connectivity index (χ0v) is 10.9. The first-order valence-electron chi connectivity index (χ1n) is 4.99. The highest BCUT2D eigenvalue weighted by atomic mass is 32.2. The van der Waals surface area contributed by atoms with Crippen LogP contribution in [0, 0.1) is 0 Å². The van der Waals surface area contributed by atoms with Gasteiger partial charge in [-0.15, -0.1) is 0 Å². The minimum absolute atomic E-state index is 0.606. The number of rotatable bonds is 9. The van der Waals surface area contributed by atoms with Crippen LogP contribution in [0.25, 0.3) is 0 Å². The molecule has 0 fully saturated rings. The van der Waals surface area contributed by atoms with Gasteiger partial charge in [-0.2, -0.15) is 11.8 Å². The Morgan fingerprint density at radius 1 is 1.21 bits per heavy atom. The van der Waals surface area contributed by atoms with E-state index in [0.717, 1.165) is 24.5 Å². The van der Waals surface area contributed by atoms with Crippen molar-refractivity contribution in [3.63, 3.8) is 0 Å². The van der Waals surface area contributed by atoms with Crippen LogP contribution >= 0.6 is 11.8 Å². The molecule has 5 heteroatoms. The summed E-state index contributed by atoms with van der Waals surface area (Å²) in [4.78, 5) is 0. The third kappa shape index (κ3) is 6.84. The van der Waals surface area contributed by atoms with Gasteiger partial charge in [-0.25, -0.2) is 0 Å². The lowest BCUT2D eigenvalue weighted by Crippen LogP contribution is -2.37. The van der Waals surface area contributed by atoms with Gasteiger partial charge >= 0.3 is 0 Å². The van der Waals surface area contributed by atoms with E-state index < -0.39 is 5.41 Å². The van der Waals surface area contributed by atoms with Crippen molar-refractivity contribution in [3.8, 4) is 0 Å². The zero-order valence-electron chi connectivity index (χ0n) is 9.04. The van der Waals surface area contributed by atoms with Gasteiger partial charge in [0, 0.05) is 31.9 Å². The van der Waals surface area contributed by atoms with Crippen molar-refractivity contribution in [1.82, 2.24) is 0 Å². The molecule has 2 N–H and O–H groups in total. The Balaban J connectivity index is 3.71. The summed E-state index contributed by atoms with van der Waals surface area (Å²) in [6.45, 7) is 5.93. The fourth-order valence-electron chi connectivity index (χ4n) is 1.04. The van der Waals surface area contributed by atoms with Gasteiger partial charge < -0.3 is 15.2 Å². The van der Waals surface area contributed by atoms with Crippen molar-refractivity contribution in [1.29, 1.82) is 0 Å². The molecular weight excluding hydrogens is 214 g/mol. The van der Waals surface area contributed by atoms with Crippen molar-refractivity contribution < 1.29 is 9.47 Å². The van der Waals surface area contributed by atoms with Crippen LogP contribution in [0.3, 0.4) is 0 Å². The minimum Gasteiger partial charge on any atom is -0.355 e. The maximum atomic E-state index is 5.50. The molecule has 0 saturated heterocycles. The number of hydrogen-bond donors (Lipinski definition) is 1. The quantitative estimate of drug-likeness (QED) is 0.367. The highest BCUT2D eigenvalue weighted by Crippen LogP contribution is 2.17. The number of ether oxygens (including phenoxy) is 2. The first-order chi connectivity index (χ1) is 6.68. The molecule has 0 saturated carbocycles. The summed E-state index contributed by atoms with van der Waals surface area (Å²) in [5, 5.41) is 0. The predicted octanol–water partition coefficient (Wildman–Crippen LogP) is 0.964. The van der Waals surface area contributed by atoms with Crippen molar-refractivity contribution in [2.75, 3.05) is 31.3 Å². The predicted molar refractivity (Wildman–Crippen MR) is 62.7 cm³/mol. The summed E-state index contributed by atoms with van der Waals surface area (Å²) in [7, 11) is 3.52. The maximum absolute atomic E-state index is 5.50. The summed E-state index contributed by atoms with van der Waals surface area (Å²) in [6, 6.07) is 0. The van der Waals surface area contributed by atoms with Gasteiger partial charge in [0.25, 0.3) is 0 Å². The van der Waals surface area contributed by atoms with Gasteiger partial charge in [-0.05, 0) is 19.6 Å². The Morgan fingerprint density at radius 3 is 2.21 bits per heavy atom. The summed E-state index contributed by atoms with van der Waals surface area (Å²) < 4.78 is 11.0. The van der Waals surface area contributed by atoms with E-state index in [4.69, 9.17) is 15.2 Å². The van der Waals surface area contributed by atoms with Gasteiger partial charge in [0.05, 0.1) is 0 Å². The van der Waals surface area contributed by atoms with E-state index in [9.17, 15) is 0 Å². The van der Waals surface area contributed by atoms with E-state index in [1.807, 2.05) is 25.6 Å². The van der Waals surface area contributed by atoms with E-state index in [-0.39, 0.29) is 0 Å². The molecular formula is C9H20NO2SSi. The van der Waals surface area contributed by atoms with Gasteiger partial charge in [0.15, 0.2) is 0 Å². The molecule has 0 unspecified atom stereocenters. The average molecular weight is 234 g/mol. The van der Waals surface area contributed by atoms with Crippen molar-refractivity contribution in [2.24, 2.45) is 5.73 Å². The molecule has 0 rings (SSSR count). The molecule has 0 aromatic heterocycles. The van der Waals surface area contributed by atoms with Gasteiger partial charge in [0.2, 0.25) is 0 Å². The average Bonchev–Trinajstić information content (AvgIpc) is 2.13. The smallest absolute Gasteiger partial charge is 0.145 e. The van der Waals surface area contributed by atoms with Crippen LogP contribution in [-0.2, 0) is 9.47 Å². The molecule has 0 aliphatic rings. The van der Waals surface area contributed by atoms with Gasteiger partial charge in [0.1, 0.15) is 15.7 Å². The highest BCUT2D eigenvalue weighted by molar-refractivity contribution is 7.99. The fourth-order valence-corrected chi connectivity index (χ4v) is 2.42. The summed E-state index contributed by atoms with van der Waals surface area (Å²) >= 11 is 1.82. The number of thioether (sulfide) groups is 1. The Bertz CT molecular complexity index is 132. The molecule has 0 heterocycles. The lowest BCUT2D eigenvalue weighted by molar-refractivity contribution is -0.173. The number of hydrogen-bond acceptors (Lipinski definition) is 4. The largest absolute Gasteiger partial charge is 0.355 e. The van der Waals surface area contributed by atoms with Gasteiger partial charge in [-0.1, -0.05) is 0 Å². The highest BCUT2D eigenvalue weighted by Gasteiger charge is 2.23. The monoisotopic (exact) mass is 234 g/mol. The molecule has 83 valence electrons. The number of nitrogens with two attached hydrogens (primary N) is 1. The molecule has 14 heavy (non-hydrogen) atoms. The van der Waals surface area contributed by atoms with E-state index in [0.29, 0.717) is 13.2 Å². The Labute approximate surface area is 94.5 Å². The standard InChI is InChI=1S/C9H20NO2SSi/c1-3-11-9(14,12-4-2)5-7-13-8-6-10/h3-8,10H2,1-2H3. The minimum atomic E-state index is -0.606. The third-order valence-electron chi connectivity index (χ3n) is 1.59. The fraction of sp³-hybridized carbons (Fsp3) is 1.00. The van der Waals surface area contributed by atoms with Crippen LogP contribution in [0.2, 0.25) is 0 Å². The second kappa shape index (κ2) is 8.73. The van der Waals surface area contributed by atoms with E-state index in [2.05, 4.69) is 10.2 Å². The molecule has 0 atom stereocenters. The van der Waals surface area contributed by atoms with Crippen LogP contribution in [0.4, 0.5) is 0 Å². The second-order valence-corrected chi connectivity index (χ2v) is 4.76. The molecule has 3 radical (unpaired) electrons. The van der Waals surface area contributed by atoms with Crippen LogP contribution in [-0.4, -0.2) is 46.9 Å². The normalized spacial score (nSPS) is 12.0. The molecule has 0 aromatic rings. The van der Waals surface area contributed by atoms with Crippen LogP contribution in [0.5, 0.6) is 0 Å². The van der Waals surface area contributed by atoms with E-state index >= 15 is 0 Å². The lowest BCUT2D eigenvalue weighted by atomic mass is 10.4. The first-order valence-corrected chi connectivity index (χ1v) is 6.64. The molecule has 0 amide bonds. The molecule has 0 aliphatic carbocycles. The Morgan fingerprint density at radius 2 is 1.79 bits per heavy atom. The zero-order chi connectivity index (χ0) is 10.9. The topological polar surface area (TPSA) is 44.5 Å². The lowest BCUT2D eigenvalue weighted by Gasteiger charge is -2.29. The second-order valence-electron chi connectivity index (χ2n) is 2.77. The molecule has 0 bridgehead atoms. The molecule has 0 aromatic carbocycles. The van der Waals surface area contributed by atoms with Crippen molar-refractivity contribution in [3.05, 3.63) is 0 Å². The van der Waals surface area contributed by atoms with Crippen molar-refractivity contribution >= 4 is 22.0 Å². The van der Waals surface area contributed by atoms with Crippen LogP contribution < -0.4 is 5.73 Å². The maximum Gasteiger partial charge on any atom is 0.145 e. The third-order valence-corrected chi connectivity index (χ3v) is 3.15. The first kappa shape index (κ1) is 14.4. The Kier molecular flexibility index (Phi) is 9.01. The summed E-state index contributed by atoms with van der Waals surface area (Å²) in [5.74, 6) is 1.97. The van der Waals surface area contributed by atoms with Crippen LogP contribution in [0.15, 0.2) is 0 Å². The summed E-state index contributed by atoms with van der Waals surface area (Å²) in [6.07, 6.45) is 0.830.